The van der Waals surface area contributed by atoms with Gasteiger partial charge in [-0.2, -0.15) is 0 Å². The van der Waals surface area contributed by atoms with Crippen molar-refractivity contribution >= 4 is 18.0 Å². The summed E-state index contributed by atoms with van der Waals surface area (Å²) in [6.07, 6.45) is 1.63. The van der Waals surface area contributed by atoms with Gasteiger partial charge < -0.3 is 20.5 Å². The van der Waals surface area contributed by atoms with E-state index in [1.165, 1.54) is 11.1 Å². The van der Waals surface area contributed by atoms with Crippen LogP contribution in [-0.4, -0.2) is 42.3 Å². The molecule has 1 saturated carbocycles. The second kappa shape index (κ2) is 9.42. The Labute approximate surface area is 187 Å². The van der Waals surface area contributed by atoms with Crippen molar-refractivity contribution in [3.63, 3.8) is 0 Å². The summed E-state index contributed by atoms with van der Waals surface area (Å²) in [6, 6.07) is 16.0. The zero-order chi connectivity index (χ0) is 22.7. The number of hydrogen-bond donors (Lipinski definition) is 3. The number of ether oxygens (including phenoxy) is 1. The summed E-state index contributed by atoms with van der Waals surface area (Å²) >= 11 is 0. The third kappa shape index (κ3) is 4.47. The minimum absolute atomic E-state index is 0.0201. The molecule has 0 saturated heterocycles. The van der Waals surface area contributed by atoms with E-state index in [9.17, 15) is 14.4 Å². The van der Waals surface area contributed by atoms with Crippen LogP contribution in [0.15, 0.2) is 48.5 Å². The van der Waals surface area contributed by atoms with Crippen molar-refractivity contribution in [3.05, 3.63) is 59.7 Å². The third-order valence-corrected chi connectivity index (χ3v) is 6.50. The molecule has 0 spiro atoms. The highest BCUT2D eigenvalue weighted by atomic mass is 16.5. The minimum Gasteiger partial charge on any atom is -0.481 e. The number of carboxylic acid groups (broad SMARTS) is 1. The molecule has 2 amide bonds. The molecule has 3 atom stereocenters. The lowest BCUT2D eigenvalue weighted by Gasteiger charge is -2.21. The molecule has 0 bridgehead atoms. The highest BCUT2D eigenvalue weighted by Crippen LogP contribution is 2.44. The quantitative estimate of drug-likeness (QED) is 0.616. The zero-order valence-electron chi connectivity index (χ0n) is 18.0. The fourth-order valence-electron chi connectivity index (χ4n) is 4.71. The molecule has 7 heteroatoms. The van der Waals surface area contributed by atoms with Gasteiger partial charge >= 0.3 is 12.1 Å². The second-order valence-electron chi connectivity index (χ2n) is 8.60. The van der Waals surface area contributed by atoms with Gasteiger partial charge in [-0.3, -0.25) is 9.59 Å². The van der Waals surface area contributed by atoms with Gasteiger partial charge in [0.15, 0.2) is 0 Å². The number of hydrogen-bond acceptors (Lipinski definition) is 4. The smallest absolute Gasteiger partial charge is 0.407 e. The number of carbonyl (C=O) groups is 3. The Hall–Kier alpha value is -3.35. The molecule has 3 N–H and O–H groups in total. The van der Waals surface area contributed by atoms with Crippen LogP contribution in [0.3, 0.4) is 0 Å². The predicted molar refractivity (Wildman–Crippen MR) is 119 cm³/mol. The van der Waals surface area contributed by atoms with Crippen LogP contribution in [0.1, 0.15) is 43.2 Å². The van der Waals surface area contributed by atoms with E-state index < -0.39 is 18.0 Å². The van der Waals surface area contributed by atoms with Crippen LogP contribution in [0.4, 0.5) is 4.79 Å². The van der Waals surface area contributed by atoms with Crippen LogP contribution in [0.25, 0.3) is 11.1 Å². The molecule has 7 nitrogen and oxygen atoms in total. The highest BCUT2D eigenvalue weighted by molar-refractivity contribution is 5.82. The van der Waals surface area contributed by atoms with E-state index in [0.29, 0.717) is 12.8 Å². The standard InChI is InChI=1S/C25H28N2O5/c1-15(24(29)30)13-26-23(28)20-11-6-12-22(20)27-25(31)32-14-21-18-9-4-2-7-16(18)17-8-3-5-10-19(17)21/h2-5,7-10,15,20-22H,6,11-14H2,1H3,(H,26,28)(H,27,31)(H,29,30)/t15?,20-,22+/m1/s1. The van der Waals surface area contributed by atoms with E-state index in [-0.39, 0.29) is 36.9 Å². The Morgan fingerprint density at radius 2 is 1.66 bits per heavy atom. The first-order valence-electron chi connectivity index (χ1n) is 11.1. The fourth-order valence-corrected chi connectivity index (χ4v) is 4.71. The molecular weight excluding hydrogens is 408 g/mol. The van der Waals surface area contributed by atoms with Gasteiger partial charge in [0, 0.05) is 18.5 Å². The average molecular weight is 437 g/mol. The van der Waals surface area contributed by atoms with Gasteiger partial charge in [0.25, 0.3) is 0 Å². The van der Waals surface area contributed by atoms with Crippen molar-refractivity contribution in [3.8, 4) is 11.1 Å². The van der Waals surface area contributed by atoms with E-state index in [4.69, 9.17) is 9.84 Å². The summed E-state index contributed by atoms with van der Waals surface area (Å²) < 4.78 is 5.60. The minimum atomic E-state index is -0.954. The molecule has 2 aromatic rings. The molecule has 0 heterocycles. The van der Waals surface area contributed by atoms with E-state index in [1.54, 1.807) is 6.92 Å². The predicted octanol–water partition coefficient (Wildman–Crippen LogP) is 3.53. The summed E-state index contributed by atoms with van der Waals surface area (Å²) in [5, 5.41) is 14.5. The molecule has 4 rings (SSSR count). The summed E-state index contributed by atoms with van der Waals surface area (Å²) in [6.45, 7) is 1.84. The molecule has 32 heavy (non-hydrogen) atoms. The first kappa shape index (κ1) is 21.9. The van der Waals surface area contributed by atoms with Crippen LogP contribution < -0.4 is 10.6 Å². The number of fused-ring (bicyclic) bond motifs is 3. The molecule has 2 aliphatic rings. The van der Waals surface area contributed by atoms with Crippen molar-refractivity contribution in [2.24, 2.45) is 11.8 Å². The third-order valence-electron chi connectivity index (χ3n) is 6.50. The van der Waals surface area contributed by atoms with Crippen LogP contribution in [0.5, 0.6) is 0 Å². The Kier molecular flexibility index (Phi) is 6.44. The second-order valence-corrected chi connectivity index (χ2v) is 8.60. The number of nitrogens with one attached hydrogen (secondary N) is 2. The number of aliphatic carboxylic acids is 1. The summed E-state index contributed by atoms with van der Waals surface area (Å²) in [4.78, 5) is 36.0. The van der Waals surface area contributed by atoms with Crippen LogP contribution in [-0.2, 0) is 14.3 Å². The van der Waals surface area contributed by atoms with Gasteiger partial charge in [-0.15, -0.1) is 0 Å². The van der Waals surface area contributed by atoms with E-state index in [0.717, 1.165) is 17.5 Å². The normalized spacial score (nSPS) is 20.2. The summed E-state index contributed by atoms with van der Waals surface area (Å²) in [7, 11) is 0. The van der Waals surface area contributed by atoms with Crippen molar-refractivity contribution in [2.75, 3.05) is 13.2 Å². The maximum absolute atomic E-state index is 12.6. The molecule has 0 aromatic heterocycles. The molecule has 168 valence electrons. The van der Waals surface area contributed by atoms with Crippen molar-refractivity contribution in [1.82, 2.24) is 10.6 Å². The number of benzene rings is 2. The van der Waals surface area contributed by atoms with Gasteiger partial charge in [-0.05, 0) is 35.1 Å². The van der Waals surface area contributed by atoms with Gasteiger partial charge in [-0.1, -0.05) is 61.9 Å². The molecular formula is C25H28N2O5. The monoisotopic (exact) mass is 436 g/mol. The van der Waals surface area contributed by atoms with Crippen molar-refractivity contribution < 1.29 is 24.2 Å². The Morgan fingerprint density at radius 3 is 2.28 bits per heavy atom. The van der Waals surface area contributed by atoms with Crippen molar-refractivity contribution in [1.29, 1.82) is 0 Å². The van der Waals surface area contributed by atoms with Crippen LogP contribution in [0.2, 0.25) is 0 Å². The first-order chi connectivity index (χ1) is 15.5. The van der Waals surface area contributed by atoms with Gasteiger partial charge in [0.05, 0.1) is 11.8 Å². The van der Waals surface area contributed by atoms with E-state index >= 15 is 0 Å². The summed E-state index contributed by atoms with van der Waals surface area (Å²) in [5.74, 6) is -2.23. The number of carboxylic acids is 1. The average Bonchev–Trinajstić information content (AvgIpc) is 3.38. The molecule has 1 unspecified atom stereocenters. The van der Waals surface area contributed by atoms with E-state index in [1.807, 2.05) is 24.3 Å². The van der Waals surface area contributed by atoms with Gasteiger partial charge in [-0.25, -0.2) is 4.79 Å². The van der Waals surface area contributed by atoms with Crippen LogP contribution in [0, 0.1) is 11.8 Å². The highest BCUT2D eigenvalue weighted by Gasteiger charge is 2.35. The number of carbonyl (C=O) groups excluding carboxylic acids is 2. The van der Waals surface area contributed by atoms with Crippen LogP contribution >= 0.6 is 0 Å². The van der Waals surface area contributed by atoms with Crippen molar-refractivity contribution in [2.45, 2.75) is 38.1 Å². The largest absolute Gasteiger partial charge is 0.481 e. The Morgan fingerprint density at radius 1 is 1.03 bits per heavy atom. The summed E-state index contributed by atoms with van der Waals surface area (Å²) in [5.41, 5.74) is 4.62. The maximum Gasteiger partial charge on any atom is 0.407 e. The molecule has 1 fully saturated rings. The topological polar surface area (TPSA) is 105 Å². The first-order valence-corrected chi connectivity index (χ1v) is 11.1. The lowest BCUT2D eigenvalue weighted by atomic mass is 9.98. The lowest BCUT2D eigenvalue weighted by Crippen LogP contribution is -2.45. The SMILES string of the molecule is CC(CNC(=O)[C@@H]1CCC[C@@H]1NC(=O)OCC1c2ccccc2-c2ccccc21)C(=O)O. The van der Waals surface area contributed by atoms with E-state index in [2.05, 4.69) is 34.9 Å². The molecule has 2 aliphatic carbocycles. The lowest BCUT2D eigenvalue weighted by molar-refractivity contribution is -0.141. The number of rotatable bonds is 7. The fraction of sp³-hybridized carbons (Fsp3) is 0.400. The Balaban J connectivity index is 1.34. The number of amides is 2. The molecule has 2 aromatic carbocycles. The number of alkyl carbamates (subject to hydrolysis) is 1. The zero-order valence-corrected chi connectivity index (χ0v) is 18.0. The molecule has 0 aliphatic heterocycles. The Bertz CT molecular complexity index is 975. The maximum atomic E-state index is 12.6. The van der Waals surface area contributed by atoms with Gasteiger partial charge in [0.1, 0.15) is 6.61 Å². The molecule has 0 radical (unpaired) electrons. The van der Waals surface area contributed by atoms with Gasteiger partial charge in [0.2, 0.25) is 5.91 Å².